The quantitative estimate of drug-likeness (QED) is 0.909. The van der Waals surface area contributed by atoms with E-state index in [2.05, 4.69) is 37.8 Å². The molecule has 2 rings (SSSR count). The summed E-state index contributed by atoms with van der Waals surface area (Å²) in [6.45, 7) is 9.55. The van der Waals surface area contributed by atoms with Crippen LogP contribution in [0.15, 0.2) is 4.52 Å². The molecule has 1 saturated carbocycles. The lowest BCUT2D eigenvalue weighted by molar-refractivity contribution is 0.283. The molecule has 1 unspecified atom stereocenters. The van der Waals surface area contributed by atoms with Crippen LogP contribution in [0.1, 0.15) is 83.3 Å². The highest BCUT2D eigenvalue weighted by Gasteiger charge is 2.27. The zero-order valence-corrected chi connectivity index (χ0v) is 13.4. The molecule has 4 nitrogen and oxygen atoms in total. The van der Waals surface area contributed by atoms with E-state index in [1.54, 1.807) is 0 Å². The Labute approximate surface area is 122 Å². The van der Waals surface area contributed by atoms with Gasteiger partial charge in [-0.15, -0.1) is 0 Å². The van der Waals surface area contributed by atoms with Crippen LogP contribution >= 0.6 is 0 Å². The predicted molar refractivity (Wildman–Crippen MR) is 80.5 cm³/mol. The van der Waals surface area contributed by atoms with Crippen LogP contribution in [0.4, 0.5) is 0 Å². The molecule has 0 amide bonds. The summed E-state index contributed by atoms with van der Waals surface area (Å²) in [6, 6.07) is 0. The largest absolute Gasteiger partial charge is 0.339 e. The standard InChI is InChI=1S/C16H29N3O/c1-11-5-7-12(8-6-11)14-18-15(20-19-14)13(10-17)9-16(2,3)4/h11-13H,5-10,17H2,1-4H3. The van der Waals surface area contributed by atoms with E-state index in [4.69, 9.17) is 10.3 Å². The highest BCUT2D eigenvalue weighted by atomic mass is 16.5. The monoisotopic (exact) mass is 279 g/mol. The Kier molecular flexibility index (Phi) is 4.84. The van der Waals surface area contributed by atoms with Crippen molar-refractivity contribution in [3.8, 4) is 0 Å². The van der Waals surface area contributed by atoms with E-state index < -0.39 is 0 Å². The fraction of sp³-hybridized carbons (Fsp3) is 0.875. The maximum atomic E-state index is 5.89. The summed E-state index contributed by atoms with van der Waals surface area (Å²) in [7, 11) is 0. The van der Waals surface area contributed by atoms with Crippen LogP contribution < -0.4 is 5.73 Å². The summed E-state index contributed by atoms with van der Waals surface area (Å²) in [6.07, 6.45) is 5.90. The van der Waals surface area contributed by atoms with Gasteiger partial charge in [-0.2, -0.15) is 4.98 Å². The zero-order valence-electron chi connectivity index (χ0n) is 13.4. The van der Waals surface area contributed by atoms with Crippen molar-refractivity contribution in [1.29, 1.82) is 0 Å². The lowest BCUT2D eigenvalue weighted by atomic mass is 9.82. The minimum Gasteiger partial charge on any atom is -0.339 e. The predicted octanol–water partition coefficient (Wildman–Crippen LogP) is 3.84. The molecule has 0 aliphatic heterocycles. The molecule has 0 spiro atoms. The van der Waals surface area contributed by atoms with Crippen LogP contribution in [0.25, 0.3) is 0 Å². The molecule has 1 aliphatic rings. The third-order valence-corrected chi connectivity index (χ3v) is 4.33. The summed E-state index contributed by atoms with van der Waals surface area (Å²) in [4.78, 5) is 4.66. The molecule has 20 heavy (non-hydrogen) atoms. The van der Waals surface area contributed by atoms with Gasteiger partial charge in [-0.3, -0.25) is 0 Å². The van der Waals surface area contributed by atoms with E-state index in [1.807, 2.05) is 0 Å². The Morgan fingerprint density at radius 2 is 1.90 bits per heavy atom. The minimum atomic E-state index is 0.179. The molecule has 0 saturated heterocycles. The first kappa shape index (κ1) is 15.5. The van der Waals surface area contributed by atoms with Crippen LogP contribution in [0.3, 0.4) is 0 Å². The van der Waals surface area contributed by atoms with Crippen molar-refractivity contribution in [2.75, 3.05) is 6.54 Å². The second-order valence-electron chi connectivity index (χ2n) is 7.65. The normalized spacial score (nSPS) is 25.6. The van der Waals surface area contributed by atoms with Gasteiger partial charge in [0.2, 0.25) is 5.89 Å². The van der Waals surface area contributed by atoms with Gasteiger partial charge in [0.15, 0.2) is 5.82 Å². The summed E-state index contributed by atoms with van der Waals surface area (Å²) in [5.41, 5.74) is 6.11. The Balaban J connectivity index is 2.03. The molecule has 0 radical (unpaired) electrons. The summed E-state index contributed by atoms with van der Waals surface area (Å²) >= 11 is 0. The van der Waals surface area contributed by atoms with Gasteiger partial charge in [0.1, 0.15) is 0 Å². The number of aromatic nitrogens is 2. The van der Waals surface area contributed by atoms with Crippen molar-refractivity contribution in [2.24, 2.45) is 17.1 Å². The second-order valence-corrected chi connectivity index (χ2v) is 7.65. The van der Waals surface area contributed by atoms with E-state index in [9.17, 15) is 0 Å². The van der Waals surface area contributed by atoms with E-state index in [1.165, 1.54) is 25.7 Å². The molecule has 1 aromatic heterocycles. The van der Waals surface area contributed by atoms with E-state index in [0.29, 0.717) is 12.5 Å². The molecule has 114 valence electrons. The molecule has 2 N–H and O–H groups in total. The summed E-state index contributed by atoms with van der Waals surface area (Å²) < 4.78 is 5.50. The molecule has 1 aromatic rings. The van der Waals surface area contributed by atoms with Crippen LogP contribution in [0.2, 0.25) is 0 Å². The van der Waals surface area contributed by atoms with Gasteiger partial charge in [-0.1, -0.05) is 45.7 Å². The lowest BCUT2D eigenvalue weighted by Gasteiger charge is -2.23. The fourth-order valence-electron chi connectivity index (χ4n) is 3.11. The van der Waals surface area contributed by atoms with Crippen LogP contribution in [0, 0.1) is 11.3 Å². The molecule has 4 heteroatoms. The maximum absolute atomic E-state index is 5.89. The van der Waals surface area contributed by atoms with Crippen molar-refractivity contribution < 1.29 is 4.52 Å². The van der Waals surface area contributed by atoms with Gasteiger partial charge in [-0.25, -0.2) is 0 Å². The van der Waals surface area contributed by atoms with Crippen molar-refractivity contribution in [1.82, 2.24) is 10.1 Å². The first-order valence-electron chi connectivity index (χ1n) is 7.92. The van der Waals surface area contributed by atoms with Crippen molar-refractivity contribution >= 4 is 0 Å². The molecule has 1 heterocycles. The third kappa shape index (κ3) is 4.05. The summed E-state index contributed by atoms with van der Waals surface area (Å²) in [5, 5.41) is 4.22. The maximum Gasteiger partial charge on any atom is 0.231 e. The number of nitrogens with two attached hydrogens (primary N) is 1. The topological polar surface area (TPSA) is 64.9 Å². The van der Waals surface area contributed by atoms with E-state index >= 15 is 0 Å². The van der Waals surface area contributed by atoms with Gasteiger partial charge < -0.3 is 10.3 Å². The lowest BCUT2D eigenvalue weighted by Crippen LogP contribution is -2.20. The Morgan fingerprint density at radius 3 is 2.45 bits per heavy atom. The number of nitrogens with zero attached hydrogens (tertiary/aromatic N) is 2. The van der Waals surface area contributed by atoms with E-state index in [-0.39, 0.29) is 11.3 Å². The SMILES string of the molecule is CC1CCC(c2noc(C(CN)CC(C)(C)C)n2)CC1. The average Bonchev–Trinajstić information content (AvgIpc) is 2.85. The zero-order chi connectivity index (χ0) is 14.8. The van der Waals surface area contributed by atoms with Gasteiger partial charge in [-0.05, 0) is 30.6 Å². The molecular weight excluding hydrogens is 250 g/mol. The summed E-state index contributed by atoms with van der Waals surface area (Å²) in [5.74, 6) is 3.14. The highest BCUT2D eigenvalue weighted by molar-refractivity contribution is 5.01. The van der Waals surface area contributed by atoms with Gasteiger partial charge >= 0.3 is 0 Å². The van der Waals surface area contributed by atoms with Crippen molar-refractivity contribution in [3.05, 3.63) is 11.7 Å². The molecule has 1 aliphatic carbocycles. The average molecular weight is 279 g/mol. The minimum absolute atomic E-state index is 0.179. The Bertz CT molecular complexity index is 414. The fourth-order valence-corrected chi connectivity index (χ4v) is 3.11. The molecule has 1 atom stereocenters. The van der Waals surface area contributed by atoms with Gasteiger partial charge in [0, 0.05) is 12.5 Å². The first-order chi connectivity index (χ1) is 9.39. The number of hydrogen-bond donors (Lipinski definition) is 1. The van der Waals surface area contributed by atoms with Gasteiger partial charge in [0.05, 0.1) is 5.92 Å². The number of hydrogen-bond acceptors (Lipinski definition) is 4. The second kappa shape index (κ2) is 6.25. The highest BCUT2D eigenvalue weighted by Crippen LogP contribution is 2.35. The Hall–Kier alpha value is -0.900. The van der Waals surface area contributed by atoms with E-state index in [0.717, 1.165) is 24.1 Å². The first-order valence-corrected chi connectivity index (χ1v) is 7.92. The third-order valence-electron chi connectivity index (χ3n) is 4.33. The van der Waals surface area contributed by atoms with Crippen LogP contribution in [-0.2, 0) is 0 Å². The Morgan fingerprint density at radius 1 is 1.25 bits per heavy atom. The van der Waals surface area contributed by atoms with Crippen LogP contribution in [-0.4, -0.2) is 16.7 Å². The van der Waals surface area contributed by atoms with Crippen molar-refractivity contribution in [2.45, 2.75) is 71.6 Å². The molecule has 1 fully saturated rings. The molecule has 0 bridgehead atoms. The number of rotatable bonds is 4. The van der Waals surface area contributed by atoms with Crippen LogP contribution in [0.5, 0.6) is 0 Å². The van der Waals surface area contributed by atoms with Crippen molar-refractivity contribution in [3.63, 3.8) is 0 Å². The molecule has 0 aromatic carbocycles. The molecular formula is C16H29N3O. The smallest absolute Gasteiger partial charge is 0.231 e. The van der Waals surface area contributed by atoms with Gasteiger partial charge in [0.25, 0.3) is 0 Å².